The molecule has 0 aromatic carbocycles. The van der Waals surface area contributed by atoms with E-state index in [9.17, 15) is 19.5 Å². The molecule has 43 heavy (non-hydrogen) atoms. The molecule has 0 aromatic heterocycles. The molecule has 0 amide bonds. The number of hydrogen-bond acceptors (Lipinski definition) is 6. The lowest BCUT2D eigenvalue weighted by molar-refractivity contribution is -0.887. The number of carbonyl (C=O) groups excluding carboxylic acids is 2. The SMILES string of the molecule is CCCCC/C=C\C/C=C\CCCCCCCCCC(=O)OC(COCCC(C(=O)O)[N+](C)(C)C)COC(=O)CCCC. The Hall–Kier alpha value is -2.19. The second kappa shape index (κ2) is 27.4. The Bertz CT molecular complexity index is 773. The molecule has 0 aliphatic rings. The molecule has 2 unspecified atom stereocenters. The first-order chi connectivity index (χ1) is 20.6. The fourth-order valence-corrected chi connectivity index (χ4v) is 4.63. The first kappa shape index (κ1) is 40.8. The molecule has 0 spiro atoms. The monoisotopic (exact) mass is 610 g/mol. The second-order valence-electron chi connectivity index (χ2n) is 12.4. The first-order valence-corrected chi connectivity index (χ1v) is 16.9. The van der Waals surface area contributed by atoms with Crippen molar-refractivity contribution in [3.05, 3.63) is 24.3 Å². The first-order valence-electron chi connectivity index (χ1n) is 16.9. The number of carboxylic acid groups (broad SMARTS) is 1. The number of unbranched alkanes of at least 4 members (excludes halogenated alkanes) is 11. The van der Waals surface area contributed by atoms with Gasteiger partial charge in [0.25, 0.3) is 0 Å². The van der Waals surface area contributed by atoms with Crippen LogP contribution in [0.5, 0.6) is 0 Å². The van der Waals surface area contributed by atoms with E-state index < -0.39 is 18.1 Å². The summed E-state index contributed by atoms with van der Waals surface area (Å²) in [5.41, 5.74) is 0. The third-order valence-corrected chi connectivity index (χ3v) is 7.35. The molecule has 0 fully saturated rings. The van der Waals surface area contributed by atoms with E-state index in [1.807, 2.05) is 28.1 Å². The quantitative estimate of drug-likeness (QED) is 0.0399. The maximum absolute atomic E-state index is 12.5. The molecule has 8 heteroatoms. The zero-order valence-corrected chi connectivity index (χ0v) is 28.2. The van der Waals surface area contributed by atoms with Gasteiger partial charge in [-0.15, -0.1) is 0 Å². The second-order valence-corrected chi connectivity index (χ2v) is 12.4. The van der Waals surface area contributed by atoms with Gasteiger partial charge in [-0.05, 0) is 44.9 Å². The number of quaternary nitrogens is 1. The van der Waals surface area contributed by atoms with Crippen LogP contribution >= 0.6 is 0 Å². The van der Waals surface area contributed by atoms with E-state index >= 15 is 0 Å². The van der Waals surface area contributed by atoms with Gasteiger partial charge in [0, 0.05) is 19.3 Å². The molecule has 0 heterocycles. The van der Waals surface area contributed by atoms with Gasteiger partial charge >= 0.3 is 17.9 Å². The number of esters is 2. The van der Waals surface area contributed by atoms with Crippen LogP contribution in [-0.2, 0) is 28.6 Å². The third-order valence-electron chi connectivity index (χ3n) is 7.35. The normalized spacial score (nSPS) is 13.4. The largest absolute Gasteiger partial charge is 0.477 e. The van der Waals surface area contributed by atoms with E-state index in [0.717, 1.165) is 44.9 Å². The highest BCUT2D eigenvalue weighted by Crippen LogP contribution is 2.12. The number of allylic oxidation sites excluding steroid dienone is 4. The Morgan fingerprint density at radius 1 is 0.698 bits per heavy atom. The summed E-state index contributed by atoms with van der Waals surface area (Å²) in [7, 11) is 5.48. The minimum absolute atomic E-state index is 0.0568. The molecule has 250 valence electrons. The number of aliphatic carboxylic acids is 1. The zero-order valence-electron chi connectivity index (χ0n) is 28.2. The zero-order chi connectivity index (χ0) is 32.2. The van der Waals surface area contributed by atoms with Gasteiger partial charge in [-0.2, -0.15) is 0 Å². The lowest BCUT2D eigenvalue weighted by atomic mass is 10.1. The van der Waals surface area contributed by atoms with Crippen LogP contribution in [0.2, 0.25) is 0 Å². The summed E-state index contributed by atoms with van der Waals surface area (Å²) in [5.74, 6) is -1.52. The van der Waals surface area contributed by atoms with E-state index in [0.29, 0.717) is 19.3 Å². The third kappa shape index (κ3) is 26.0. The number of ether oxygens (including phenoxy) is 3. The van der Waals surface area contributed by atoms with Gasteiger partial charge in [-0.1, -0.05) is 89.5 Å². The topological polar surface area (TPSA) is 99.1 Å². The minimum atomic E-state index is -0.881. The van der Waals surface area contributed by atoms with E-state index in [1.165, 1.54) is 51.4 Å². The summed E-state index contributed by atoms with van der Waals surface area (Å²) in [5, 5.41) is 9.49. The summed E-state index contributed by atoms with van der Waals surface area (Å²) < 4.78 is 16.9. The molecule has 0 aromatic rings. The van der Waals surface area contributed by atoms with Crippen molar-refractivity contribution in [1.82, 2.24) is 0 Å². The number of likely N-dealkylation sites (N-methyl/N-ethyl adjacent to an activating group) is 1. The maximum Gasteiger partial charge on any atom is 0.362 e. The van der Waals surface area contributed by atoms with Crippen LogP contribution in [-0.4, -0.2) is 80.6 Å². The van der Waals surface area contributed by atoms with Crippen molar-refractivity contribution in [2.24, 2.45) is 0 Å². The van der Waals surface area contributed by atoms with Gasteiger partial charge < -0.3 is 23.8 Å². The molecule has 0 saturated carbocycles. The van der Waals surface area contributed by atoms with Crippen molar-refractivity contribution in [3.8, 4) is 0 Å². The Labute approximate surface area is 262 Å². The molecule has 0 rings (SSSR count). The van der Waals surface area contributed by atoms with Crippen LogP contribution in [0.3, 0.4) is 0 Å². The van der Waals surface area contributed by atoms with Gasteiger partial charge in [-0.3, -0.25) is 9.59 Å². The number of carbonyl (C=O) groups is 3. The van der Waals surface area contributed by atoms with Crippen molar-refractivity contribution < 1.29 is 38.2 Å². The number of nitrogens with zero attached hydrogens (tertiary/aromatic N) is 1. The predicted octanol–water partition coefficient (Wildman–Crippen LogP) is 7.79. The van der Waals surface area contributed by atoms with Gasteiger partial charge in [0.15, 0.2) is 12.1 Å². The van der Waals surface area contributed by atoms with E-state index in [2.05, 4.69) is 31.2 Å². The number of carboxylic acids is 1. The van der Waals surface area contributed by atoms with Crippen LogP contribution in [0.15, 0.2) is 24.3 Å². The Morgan fingerprint density at radius 3 is 1.84 bits per heavy atom. The van der Waals surface area contributed by atoms with Gasteiger partial charge in [0.1, 0.15) is 6.61 Å². The van der Waals surface area contributed by atoms with Crippen molar-refractivity contribution in [2.75, 3.05) is 41.0 Å². The van der Waals surface area contributed by atoms with Gasteiger partial charge in [0.2, 0.25) is 0 Å². The lowest BCUT2D eigenvalue weighted by Gasteiger charge is -2.31. The fourth-order valence-electron chi connectivity index (χ4n) is 4.63. The average molecular weight is 611 g/mol. The fraction of sp³-hybridized carbons (Fsp3) is 0.800. The minimum Gasteiger partial charge on any atom is -0.477 e. The summed E-state index contributed by atoms with van der Waals surface area (Å²) in [6, 6.07) is -0.609. The summed E-state index contributed by atoms with van der Waals surface area (Å²) >= 11 is 0. The Kier molecular flexibility index (Phi) is 26.0. The van der Waals surface area contributed by atoms with Crippen molar-refractivity contribution in [1.29, 1.82) is 0 Å². The van der Waals surface area contributed by atoms with Crippen molar-refractivity contribution in [3.63, 3.8) is 0 Å². The predicted molar refractivity (Wildman–Crippen MR) is 174 cm³/mol. The van der Waals surface area contributed by atoms with Crippen LogP contribution in [0.4, 0.5) is 0 Å². The lowest BCUT2D eigenvalue weighted by Crippen LogP contribution is -2.50. The standard InChI is InChI=1S/C35H63NO7/c1-6-8-10-11-12-13-14-15-16-17-18-19-20-21-22-23-24-26-34(38)43-31(30-42-33(37)25-9-7-2)29-41-28-27-32(35(39)40)36(3,4)5/h12-13,15-16,31-32H,6-11,14,17-30H2,1-5H3/p+1/b13-12-,16-15-. The molecular formula is C35H64NO7+. The van der Waals surface area contributed by atoms with E-state index in [1.54, 1.807) is 0 Å². The molecular weight excluding hydrogens is 546 g/mol. The average Bonchev–Trinajstić information content (AvgIpc) is 2.95. The molecule has 0 saturated heterocycles. The Morgan fingerprint density at radius 2 is 1.26 bits per heavy atom. The van der Waals surface area contributed by atoms with Gasteiger partial charge in [-0.25, -0.2) is 4.79 Å². The highest BCUT2D eigenvalue weighted by molar-refractivity contribution is 5.72. The molecule has 0 aliphatic carbocycles. The van der Waals surface area contributed by atoms with Crippen molar-refractivity contribution in [2.45, 2.75) is 142 Å². The van der Waals surface area contributed by atoms with Crippen molar-refractivity contribution >= 4 is 17.9 Å². The van der Waals surface area contributed by atoms with Crippen LogP contribution in [0.25, 0.3) is 0 Å². The summed E-state index contributed by atoms with van der Waals surface area (Å²) in [6.45, 7) is 4.44. The molecule has 0 bridgehead atoms. The van der Waals surface area contributed by atoms with E-state index in [-0.39, 0.29) is 36.2 Å². The van der Waals surface area contributed by atoms with Crippen LogP contribution < -0.4 is 0 Å². The summed E-state index contributed by atoms with van der Waals surface area (Å²) in [4.78, 5) is 36.0. The van der Waals surface area contributed by atoms with Gasteiger partial charge in [0.05, 0.1) is 34.4 Å². The number of hydrogen-bond donors (Lipinski definition) is 1. The maximum atomic E-state index is 12.5. The smallest absolute Gasteiger partial charge is 0.362 e. The van der Waals surface area contributed by atoms with Crippen LogP contribution in [0.1, 0.15) is 129 Å². The summed E-state index contributed by atoms with van der Waals surface area (Å²) in [6.07, 6.45) is 26.0. The molecule has 2 atom stereocenters. The van der Waals surface area contributed by atoms with Crippen LogP contribution in [0, 0.1) is 0 Å². The molecule has 8 nitrogen and oxygen atoms in total. The molecule has 0 radical (unpaired) electrons. The highest BCUT2D eigenvalue weighted by Gasteiger charge is 2.31. The molecule has 0 aliphatic heterocycles. The Balaban J connectivity index is 4.19. The molecule has 1 N–H and O–H groups in total. The number of rotatable bonds is 29. The highest BCUT2D eigenvalue weighted by atomic mass is 16.6. The van der Waals surface area contributed by atoms with E-state index in [4.69, 9.17) is 14.2 Å².